The minimum absolute atomic E-state index is 0.138. The second-order valence-corrected chi connectivity index (χ2v) is 10.0. The highest BCUT2D eigenvalue weighted by atomic mass is 35.5. The maximum absolute atomic E-state index is 13.3. The number of piperazine rings is 1. The van der Waals surface area contributed by atoms with E-state index >= 15 is 0 Å². The van der Waals surface area contributed by atoms with E-state index in [9.17, 15) is 9.59 Å². The zero-order valence-electron chi connectivity index (χ0n) is 23.3. The molecule has 0 saturated carbocycles. The van der Waals surface area contributed by atoms with Gasteiger partial charge in [-0.3, -0.25) is 19.1 Å². The van der Waals surface area contributed by atoms with Gasteiger partial charge < -0.3 is 24.6 Å². The molecule has 1 aromatic carbocycles. The lowest BCUT2D eigenvalue weighted by Crippen LogP contribution is -2.56. The lowest BCUT2D eigenvalue weighted by atomic mass is 10.1. The smallest absolute Gasteiger partial charge is 0.255 e. The second kappa shape index (κ2) is 13.3. The van der Waals surface area contributed by atoms with Gasteiger partial charge >= 0.3 is 0 Å². The fraction of sp³-hybridized carbons (Fsp3) is 0.310. The normalized spacial score (nSPS) is 14.9. The van der Waals surface area contributed by atoms with Crippen molar-refractivity contribution in [2.75, 3.05) is 45.3 Å². The number of imidazole rings is 1. The van der Waals surface area contributed by atoms with E-state index < -0.39 is 0 Å². The third-order valence-corrected chi connectivity index (χ3v) is 7.18. The first-order valence-electron chi connectivity index (χ1n) is 13.4. The van der Waals surface area contributed by atoms with E-state index in [2.05, 4.69) is 20.3 Å². The summed E-state index contributed by atoms with van der Waals surface area (Å²) in [5.41, 5.74) is 1.50. The number of hydrogen-bond donors (Lipinski definition) is 1. The molecule has 0 bridgehead atoms. The summed E-state index contributed by atoms with van der Waals surface area (Å²) in [6.45, 7) is 1.64. The van der Waals surface area contributed by atoms with Gasteiger partial charge in [0.25, 0.3) is 5.91 Å². The van der Waals surface area contributed by atoms with Crippen molar-refractivity contribution in [3.8, 4) is 17.4 Å². The predicted octanol–water partition coefficient (Wildman–Crippen LogP) is 2.81. The molecule has 1 atom stereocenters. The number of rotatable bonds is 10. The van der Waals surface area contributed by atoms with Gasteiger partial charge in [0, 0.05) is 63.5 Å². The van der Waals surface area contributed by atoms with E-state index in [0.717, 1.165) is 5.56 Å². The number of carbonyl (C=O) groups is 2. The molecule has 0 aliphatic carbocycles. The van der Waals surface area contributed by atoms with Crippen LogP contribution in [-0.2, 0) is 11.2 Å². The van der Waals surface area contributed by atoms with Crippen LogP contribution < -0.4 is 19.7 Å². The average Bonchev–Trinajstić information content (AvgIpc) is 3.56. The molecule has 5 rings (SSSR count). The van der Waals surface area contributed by atoms with Gasteiger partial charge in [-0.25, -0.2) is 9.97 Å². The molecule has 1 fully saturated rings. The number of amides is 2. The molecule has 1 aliphatic heterocycles. The summed E-state index contributed by atoms with van der Waals surface area (Å²) in [7, 11) is 3.18. The lowest BCUT2D eigenvalue weighted by Gasteiger charge is -2.42. The van der Waals surface area contributed by atoms with Gasteiger partial charge in [-0.05, 0) is 36.2 Å². The molecule has 42 heavy (non-hydrogen) atoms. The van der Waals surface area contributed by atoms with Crippen molar-refractivity contribution in [1.82, 2.24) is 34.7 Å². The Morgan fingerprint density at radius 1 is 1.05 bits per heavy atom. The number of anilines is 1. The fourth-order valence-electron chi connectivity index (χ4n) is 4.89. The number of halogens is 1. The van der Waals surface area contributed by atoms with Crippen LogP contribution in [-0.4, -0.2) is 87.7 Å². The summed E-state index contributed by atoms with van der Waals surface area (Å²) < 4.78 is 12.3. The topological polar surface area (TPSA) is 128 Å². The van der Waals surface area contributed by atoms with Gasteiger partial charge in [-0.15, -0.1) is 0 Å². The van der Waals surface area contributed by atoms with Crippen molar-refractivity contribution in [1.29, 1.82) is 0 Å². The van der Waals surface area contributed by atoms with Crippen LogP contribution in [0.1, 0.15) is 22.3 Å². The molecule has 2 amide bonds. The van der Waals surface area contributed by atoms with Gasteiger partial charge in [-0.2, -0.15) is 4.98 Å². The number of nitrogens with zero attached hydrogens (tertiary/aromatic N) is 7. The molecule has 12 nitrogen and oxygen atoms in total. The van der Waals surface area contributed by atoms with Crippen LogP contribution in [0.5, 0.6) is 11.5 Å². The molecule has 4 aromatic rings. The van der Waals surface area contributed by atoms with Crippen molar-refractivity contribution in [3.63, 3.8) is 0 Å². The van der Waals surface area contributed by atoms with Crippen molar-refractivity contribution in [2.24, 2.45) is 0 Å². The fourth-order valence-corrected chi connectivity index (χ4v) is 5.06. The molecule has 0 spiro atoms. The molecule has 1 aliphatic rings. The van der Waals surface area contributed by atoms with Crippen molar-refractivity contribution in [3.05, 3.63) is 83.8 Å². The van der Waals surface area contributed by atoms with Gasteiger partial charge in [0.15, 0.2) is 11.5 Å². The number of benzene rings is 1. The van der Waals surface area contributed by atoms with Crippen LogP contribution in [0.2, 0.25) is 5.15 Å². The number of methoxy groups -OCH3 is 2. The Bertz CT molecular complexity index is 1520. The molecule has 1 N–H and O–H groups in total. The van der Waals surface area contributed by atoms with E-state index in [1.165, 1.54) is 0 Å². The van der Waals surface area contributed by atoms with Gasteiger partial charge in [0.1, 0.15) is 17.3 Å². The van der Waals surface area contributed by atoms with Crippen LogP contribution in [0.15, 0.2) is 67.5 Å². The third kappa shape index (κ3) is 6.77. The largest absolute Gasteiger partial charge is 0.493 e. The van der Waals surface area contributed by atoms with E-state index in [4.69, 9.17) is 26.1 Å². The molecule has 0 radical (unpaired) electrons. The third-order valence-electron chi connectivity index (χ3n) is 6.98. The Morgan fingerprint density at radius 3 is 2.64 bits per heavy atom. The van der Waals surface area contributed by atoms with Gasteiger partial charge in [0.2, 0.25) is 11.9 Å². The monoisotopic (exact) mass is 590 g/mol. The zero-order chi connectivity index (χ0) is 29.5. The van der Waals surface area contributed by atoms with Crippen LogP contribution in [0.25, 0.3) is 5.95 Å². The van der Waals surface area contributed by atoms with Crippen LogP contribution in [0.4, 0.5) is 5.82 Å². The lowest BCUT2D eigenvalue weighted by molar-refractivity contribution is -0.121. The van der Waals surface area contributed by atoms with Crippen LogP contribution >= 0.6 is 11.6 Å². The molecule has 3 aromatic heterocycles. The summed E-state index contributed by atoms with van der Waals surface area (Å²) in [5, 5.41) is 3.28. The SMILES string of the molecule is COc1ccc(CCNC(=O)CC2CN(C(=O)c3cccnc3)CCN2c2cc(Cl)nc(-n3ccnc3)n2)cc1OC. The van der Waals surface area contributed by atoms with Crippen molar-refractivity contribution < 1.29 is 19.1 Å². The number of hydrogen-bond acceptors (Lipinski definition) is 9. The summed E-state index contributed by atoms with van der Waals surface area (Å²) in [4.78, 5) is 47.4. The first-order valence-corrected chi connectivity index (χ1v) is 13.8. The van der Waals surface area contributed by atoms with Gasteiger partial charge in [-0.1, -0.05) is 17.7 Å². The molecular weight excluding hydrogens is 560 g/mol. The molecular formula is C29H31ClN8O4. The number of nitrogens with one attached hydrogen (secondary N) is 1. The maximum Gasteiger partial charge on any atom is 0.255 e. The minimum atomic E-state index is -0.359. The standard InChI is InChI=1S/C29H31ClN8O4/c1-41-23-6-5-20(14-24(23)42-2)7-9-33-27(39)15-22-18-36(28(40)21-4-3-8-31-17-21)12-13-38(22)26-16-25(30)34-29(35-26)37-11-10-32-19-37/h3-6,8,10-11,14,16-17,19,22H,7,9,12-13,15,18H2,1-2H3,(H,33,39). The Balaban J connectivity index is 1.31. The second-order valence-electron chi connectivity index (χ2n) is 9.65. The summed E-state index contributed by atoms with van der Waals surface area (Å²) >= 11 is 6.39. The number of pyridine rings is 1. The quantitative estimate of drug-likeness (QED) is 0.277. The molecule has 4 heterocycles. The minimum Gasteiger partial charge on any atom is -0.493 e. The zero-order valence-corrected chi connectivity index (χ0v) is 24.1. The maximum atomic E-state index is 13.3. The Morgan fingerprint density at radius 2 is 1.90 bits per heavy atom. The van der Waals surface area contributed by atoms with Crippen LogP contribution in [0.3, 0.4) is 0 Å². The molecule has 218 valence electrons. The van der Waals surface area contributed by atoms with E-state index in [-0.39, 0.29) is 29.4 Å². The number of aromatic nitrogens is 5. The summed E-state index contributed by atoms with van der Waals surface area (Å²) in [6, 6.07) is 10.5. The first kappa shape index (κ1) is 28.8. The highest BCUT2D eigenvalue weighted by Crippen LogP contribution is 2.28. The van der Waals surface area contributed by atoms with Crippen molar-refractivity contribution in [2.45, 2.75) is 18.9 Å². The predicted molar refractivity (Wildman–Crippen MR) is 156 cm³/mol. The Kier molecular flexibility index (Phi) is 9.12. The summed E-state index contributed by atoms with van der Waals surface area (Å²) in [5.74, 6) is 1.93. The Hall–Kier alpha value is -4.71. The van der Waals surface area contributed by atoms with E-state index in [1.807, 2.05) is 23.1 Å². The molecule has 1 unspecified atom stereocenters. The highest BCUT2D eigenvalue weighted by molar-refractivity contribution is 6.29. The number of carbonyl (C=O) groups excluding carboxylic acids is 2. The molecule has 13 heteroatoms. The molecule has 1 saturated heterocycles. The Labute approximate surface area is 248 Å². The first-order chi connectivity index (χ1) is 20.4. The van der Waals surface area contributed by atoms with E-state index in [1.54, 1.807) is 73.0 Å². The van der Waals surface area contributed by atoms with Crippen LogP contribution in [0, 0.1) is 0 Å². The van der Waals surface area contributed by atoms with Crippen molar-refractivity contribution >= 4 is 29.2 Å². The van der Waals surface area contributed by atoms with E-state index in [0.29, 0.717) is 61.4 Å². The number of ether oxygens (including phenoxy) is 2. The van der Waals surface area contributed by atoms with Gasteiger partial charge in [0.05, 0.1) is 25.8 Å². The summed E-state index contributed by atoms with van der Waals surface area (Å²) in [6.07, 6.45) is 8.87. The average molecular weight is 591 g/mol. The highest BCUT2D eigenvalue weighted by Gasteiger charge is 2.33.